The Morgan fingerprint density at radius 3 is 2.21 bits per heavy atom. The van der Waals surface area contributed by atoms with Gasteiger partial charge in [0.15, 0.2) is 11.5 Å². The molecule has 2 aliphatic heterocycles. The first-order valence-corrected chi connectivity index (χ1v) is 9.83. The number of ether oxygens (including phenoxy) is 3. The van der Waals surface area contributed by atoms with Gasteiger partial charge < -0.3 is 24.0 Å². The quantitative estimate of drug-likeness (QED) is 0.714. The smallest absolute Gasteiger partial charge is 0.248 e. The van der Waals surface area contributed by atoms with Crippen LogP contribution < -0.4 is 14.2 Å². The molecule has 3 rings (SSSR count). The SMILES string of the molecule is COc1cc(CCN2C(=O)CC[C@]2(C)C(=O)N2CCCC2)cc(OC)c1OC. The number of carbonyl (C=O) groups excluding carboxylic acids is 2. The van der Waals surface area contributed by atoms with Crippen molar-refractivity contribution < 1.29 is 23.8 Å². The van der Waals surface area contributed by atoms with Gasteiger partial charge in [0.1, 0.15) is 5.54 Å². The Morgan fingerprint density at radius 1 is 1.07 bits per heavy atom. The lowest BCUT2D eigenvalue weighted by Gasteiger charge is -2.37. The van der Waals surface area contributed by atoms with E-state index in [4.69, 9.17) is 14.2 Å². The molecule has 0 unspecified atom stereocenters. The van der Waals surface area contributed by atoms with E-state index in [0.717, 1.165) is 31.5 Å². The first-order chi connectivity index (χ1) is 13.4. The van der Waals surface area contributed by atoms with Crippen LogP contribution in [-0.2, 0) is 16.0 Å². The highest BCUT2D eigenvalue weighted by atomic mass is 16.5. The molecule has 0 radical (unpaired) electrons. The largest absolute Gasteiger partial charge is 0.493 e. The van der Waals surface area contributed by atoms with Gasteiger partial charge in [-0.1, -0.05) is 0 Å². The van der Waals surface area contributed by atoms with Gasteiger partial charge in [-0.15, -0.1) is 0 Å². The average Bonchev–Trinajstić information content (AvgIpc) is 3.34. The number of nitrogens with zero attached hydrogens (tertiary/aromatic N) is 2. The fraction of sp³-hybridized carbons (Fsp3) is 0.619. The molecule has 1 aromatic rings. The minimum Gasteiger partial charge on any atom is -0.493 e. The van der Waals surface area contributed by atoms with E-state index in [0.29, 0.717) is 43.1 Å². The van der Waals surface area contributed by atoms with E-state index >= 15 is 0 Å². The Hall–Kier alpha value is -2.44. The van der Waals surface area contributed by atoms with Crippen molar-refractivity contribution in [2.24, 2.45) is 0 Å². The number of rotatable bonds is 7. The van der Waals surface area contributed by atoms with Crippen LogP contribution in [0.4, 0.5) is 0 Å². The Labute approximate surface area is 166 Å². The van der Waals surface area contributed by atoms with Crippen molar-refractivity contribution in [2.45, 2.75) is 44.6 Å². The third kappa shape index (κ3) is 3.62. The van der Waals surface area contributed by atoms with Crippen LogP contribution in [0, 0.1) is 0 Å². The summed E-state index contributed by atoms with van der Waals surface area (Å²) in [7, 11) is 4.73. The summed E-state index contributed by atoms with van der Waals surface area (Å²) < 4.78 is 16.2. The standard InChI is InChI=1S/C21H30N2O5/c1-21(20(25)22-10-5-6-11-22)9-7-18(24)23(21)12-8-15-13-16(26-2)19(28-4)17(14-15)27-3/h13-14H,5-12H2,1-4H3/t21-/m1/s1. The summed E-state index contributed by atoms with van der Waals surface area (Å²) in [6, 6.07) is 3.78. The molecule has 0 aromatic heterocycles. The minimum absolute atomic E-state index is 0.0440. The van der Waals surface area contributed by atoms with E-state index < -0.39 is 5.54 Å². The van der Waals surface area contributed by atoms with E-state index in [1.807, 2.05) is 24.0 Å². The Bertz CT molecular complexity index is 719. The Balaban J connectivity index is 1.78. The number of hydrogen-bond acceptors (Lipinski definition) is 5. The maximum atomic E-state index is 13.1. The van der Waals surface area contributed by atoms with Gasteiger partial charge in [-0.3, -0.25) is 9.59 Å². The molecule has 2 amide bonds. The molecule has 28 heavy (non-hydrogen) atoms. The van der Waals surface area contributed by atoms with Crippen molar-refractivity contribution in [1.82, 2.24) is 9.80 Å². The molecule has 0 N–H and O–H groups in total. The van der Waals surface area contributed by atoms with E-state index in [1.54, 1.807) is 26.2 Å². The van der Waals surface area contributed by atoms with Gasteiger partial charge in [0.05, 0.1) is 21.3 Å². The van der Waals surface area contributed by atoms with Gasteiger partial charge in [0, 0.05) is 26.1 Å². The van der Waals surface area contributed by atoms with Gasteiger partial charge in [0.2, 0.25) is 17.6 Å². The zero-order chi connectivity index (χ0) is 20.3. The molecule has 0 saturated carbocycles. The number of amides is 2. The third-order valence-electron chi connectivity index (χ3n) is 5.93. The molecular formula is C21H30N2O5. The second kappa shape index (κ2) is 8.29. The highest BCUT2D eigenvalue weighted by Gasteiger charge is 2.48. The lowest BCUT2D eigenvalue weighted by molar-refractivity contribution is -0.146. The molecule has 7 heteroatoms. The van der Waals surface area contributed by atoms with Crippen LogP contribution >= 0.6 is 0 Å². The molecule has 1 atom stereocenters. The van der Waals surface area contributed by atoms with Gasteiger partial charge in [-0.05, 0) is 50.3 Å². The summed E-state index contributed by atoms with van der Waals surface area (Å²) >= 11 is 0. The predicted molar refractivity (Wildman–Crippen MR) is 105 cm³/mol. The fourth-order valence-electron chi connectivity index (χ4n) is 4.27. The van der Waals surface area contributed by atoms with Crippen molar-refractivity contribution >= 4 is 11.8 Å². The maximum absolute atomic E-state index is 13.1. The Morgan fingerprint density at radius 2 is 1.68 bits per heavy atom. The summed E-state index contributed by atoms with van der Waals surface area (Å²) in [5, 5.41) is 0. The van der Waals surface area contributed by atoms with Gasteiger partial charge in [-0.25, -0.2) is 0 Å². The zero-order valence-electron chi connectivity index (χ0n) is 17.2. The molecule has 0 bridgehead atoms. The summed E-state index contributed by atoms with van der Waals surface area (Å²) in [5.74, 6) is 1.84. The molecular weight excluding hydrogens is 360 g/mol. The van der Waals surface area contributed by atoms with Crippen molar-refractivity contribution in [3.63, 3.8) is 0 Å². The molecule has 2 saturated heterocycles. The summed E-state index contributed by atoms with van der Waals surface area (Å²) in [6.07, 6.45) is 3.69. The van der Waals surface area contributed by atoms with Crippen molar-refractivity contribution in [3.8, 4) is 17.2 Å². The van der Waals surface area contributed by atoms with Crippen molar-refractivity contribution in [1.29, 1.82) is 0 Å². The number of likely N-dealkylation sites (tertiary alicyclic amines) is 2. The molecule has 154 valence electrons. The molecule has 2 heterocycles. The van der Waals surface area contributed by atoms with Crippen molar-refractivity contribution in [2.75, 3.05) is 41.0 Å². The first-order valence-electron chi connectivity index (χ1n) is 9.83. The molecule has 1 aromatic carbocycles. The maximum Gasteiger partial charge on any atom is 0.248 e. The van der Waals surface area contributed by atoms with Crippen LogP contribution in [0.5, 0.6) is 17.2 Å². The fourth-order valence-corrected chi connectivity index (χ4v) is 4.27. The van der Waals surface area contributed by atoms with E-state index in [-0.39, 0.29) is 11.8 Å². The lowest BCUT2D eigenvalue weighted by Crippen LogP contribution is -2.55. The average molecular weight is 390 g/mol. The van der Waals surface area contributed by atoms with Crippen LogP contribution in [0.25, 0.3) is 0 Å². The van der Waals surface area contributed by atoms with Crippen LogP contribution in [-0.4, -0.2) is 68.1 Å². The van der Waals surface area contributed by atoms with Gasteiger partial charge in [0.25, 0.3) is 0 Å². The molecule has 7 nitrogen and oxygen atoms in total. The topological polar surface area (TPSA) is 68.3 Å². The van der Waals surface area contributed by atoms with E-state index in [2.05, 4.69) is 0 Å². The normalized spacial score (nSPS) is 21.9. The van der Waals surface area contributed by atoms with Gasteiger partial charge >= 0.3 is 0 Å². The van der Waals surface area contributed by atoms with E-state index in [1.165, 1.54) is 0 Å². The van der Waals surface area contributed by atoms with Crippen molar-refractivity contribution in [3.05, 3.63) is 17.7 Å². The molecule has 2 fully saturated rings. The number of carbonyl (C=O) groups is 2. The lowest BCUT2D eigenvalue weighted by atomic mass is 9.96. The van der Waals surface area contributed by atoms with Crippen LogP contribution in [0.1, 0.15) is 38.2 Å². The van der Waals surface area contributed by atoms with E-state index in [9.17, 15) is 9.59 Å². The molecule has 2 aliphatic rings. The Kier molecular flexibility index (Phi) is 6.01. The highest BCUT2D eigenvalue weighted by molar-refractivity contribution is 5.94. The molecule has 0 aliphatic carbocycles. The summed E-state index contributed by atoms with van der Waals surface area (Å²) in [4.78, 5) is 29.3. The van der Waals surface area contributed by atoms with Gasteiger partial charge in [-0.2, -0.15) is 0 Å². The third-order valence-corrected chi connectivity index (χ3v) is 5.93. The monoisotopic (exact) mass is 390 g/mol. The van der Waals surface area contributed by atoms with Crippen LogP contribution in [0.15, 0.2) is 12.1 Å². The molecule has 0 spiro atoms. The number of benzene rings is 1. The van der Waals surface area contributed by atoms with Crippen LogP contribution in [0.3, 0.4) is 0 Å². The predicted octanol–water partition coefficient (Wildman–Crippen LogP) is 2.26. The second-order valence-electron chi connectivity index (χ2n) is 7.60. The van der Waals surface area contributed by atoms with Crippen LogP contribution in [0.2, 0.25) is 0 Å². The summed E-state index contributed by atoms with van der Waals surface area (Å²) in [6.45, 7) is 3.98. The number of hydrogen-bond donors (Lipinski definition) is 0. The minimum atomic E-state index is -0.748. The first kappa shape index (κ1) is 20.3. The second-order valence-corrected chi connectivity index (χ2v) is 7.60. The summed E-state index contributed by atoms with van der Waals surface area (Å²) in [5.41, 5.74) is 0.215. The highest BCUT2D eigenvalue weighted by Crippen LogP contribution is 2.39. The zero-order valence-corrected chi connectivity index (χ0v) is 17.2. The number of methoxy groups -OCH3 is 3.